The minimum atomic E-state index is -0.653. The van der Waals surface area contributed by atoms with E-state index in [-0.39, 0.29) is 24.1 Å². The Morgan fingerprint density at radius 3 is 2.36 bits per heavy atom. The molecule has 0 radical (unpaired) electrons. The lowest BCUT2D eigenvalue weighted by atomic mass is 10.0. The standard InChI is InChI=1S/C29H32Cl2N2O2S/c1-3-15-32-29(35)27(17-22-10-5-4-6-11-22)33(18-23-13-14-25(30)26(31)16-23)28(34)20-36-19-24-12-8-7-9-21(24)2/h4-14,16,27H,3,15,17-20H2,1-2H3,(H,32,35)/t27-/m0/s1. The number of amides is 2. The van der Waals surface area contributed by atoms with Crippen LogP contribution >= 0.6 is 35.0 Å². The molecule has 3 aromatic rings. The van der Waals surface area contributed by atoms with E-state index in [0.717, 1.165) is 23.3 Å². The van der Waals surface area contributed by atoms with Crippen molar-refractivity contribution in [2.45, 2.75) is 45.0 Å². The maximum atomic E-state index is 13.7. The average molecular weight is 544 g/mol. The van der Waals surface area contributed by atoms with Gasteiger partial charge in [-0.25, -0.2) is 0 Å². The Morgan fingerprint density at radius 1 is 0.944 bits per heavy atom. The van der Waals surface area contributed by atoms with Crippen LogP contribution in [0.4, 0.5) is 0 Å². The number of carbonyl (C=O) groups excluding carboxylic acids is 2. The van der Waals surface area contributed by atoms with Crippen LogP contribution in [0.1, 0.15) is 35.6 Å². The van der Waals surface area contributed by atoms with Crippen molar-refractivity contribution in [2.24, 2.45) is 0 Å². The largest absolute Gasteiger partial charge is 0.354 e. The van der Waals surface area contributed by atoms with Gasteiger partial charge in [0.25, 0.3) is 0 Å². The molecule has 0 aliphatic rings. The van der Waals surface area contributed by atoms with Crippen molar-refractivity contribution in [1.29, 1.82) is 0 Å². The first-order chi connectivity index (χ1) is 17.4. The van der Waals surface area contributed by atoms with Crippen molar-refractivity contribution >= 4 is 46.8 Å². The second kappa shape index (κ2) is 14.3. The molecule has 7 heteroatoms. The van der Waals surface area contributed by atoms with E-state index in [1.807, 2.05) is 55.5 Å². The maximum absolute atomic E-state index is 13.7. The van der Waals surface area contributed by atoms with Gasteiger partial charge in [-0.3, -0.25) is 9.59 Å². The van der Waals surface area contributed by atoms with Gasteiger partial charge >= 0.3 is 0 Å². The van der Waals surface area contributed by atoms with Crippen LogP contribution in [0.25, 0.3) is 0 Å². The fourth-order valence-corrected chi connectivity index (χ4v) is 5.16. The molecular weight excluding hydrogens is 511 g/mol. The van der Waals surface area contributed by atoms with Gasteiger partial charge in [-0.1, -0.05) is 90.8 Å². The fourth-order valence-electron chi connectivity index (χ4n) is 3.86. The Bertz CT molecular complexity index is 1160. The van der Waals surface area contributed by atoms with E-state index in [9.17, 15) is 9.59 Å². The average Bonchev–Trinajstić information content (AvgIpc) is 2.88. The van der Waals surface area contributed by atoms with Gasteiger partial charge in [0.2, 0.25) is 11.8 Å². The molecule has 0 unspecified atom stereocenters. The second-order valence-electron chi connectivity index (χ2n) is 8.69. The molecule has 0 fully saturated rings. The van der Waals surface area contributed by atoms with Gasteiger partial charge in [0, 0.05) is 25.3 Å². The molecule has 1 atom stereocenters. The van der Waals surface area contributed by atoms with E-state index in [1.165, 1.54) is 11.1 Å². The van der Waals surface area contributed by atoms with E-state index in [1.54, 1.807) is 28.8 Å². The first-order valence-electron chi connectivity index (χ1n) is 12.1. The minimum absolute atomic E-state index is 0.0905. The highest BCUT2D eigenvalue weighted by atomic mass is 35.5. The molecule has 190 valence electrons. The third-order valence-electron chi connectivity index (χ3n) is 5.90. The molecule has 2 amide bonds. The number of carbonyl (C=O) groups is 2. The predicted octanol–water partition coefficient (Wildman–Crippen LogP) is 6.70. The van der Waals surface area contributed by atoms with E-state index in [4.69, 9.17) is 23.2 Å². The van der Waals surface area contributed by atoms with Gasteiger partial charge in [0.15, 0.2) is 0 Å². The van der Waals surface area contributed by atoms with Gasteiger partial charge < -0.3 is 10.2 Å². The number of aryl methyl sites for hydroxylation is 1. The van der Waals surface area contributed by atoms with E-state index in [0.29, 0.717) is 23.0 Å². The summed E-state index contributed by atoms with van der Waals surface area (Å²) in [7, 11) is 0. The summed E-state index contributed by atoms with van der Waals surface area (Å²) in [6, 6.07) is 22.6. The Morgan fingerprint density at radius 2 is 1.67 bits per heavy atom. The van der Waals surface area contributed by atoms with Crippen LogP contribution in [0, 0.1) is 6.92 Å². The topological polar surface area (TPSA) is 49.4 Å². The van der Waals surface area contributed by atoms with Crippen LogP contribution in [0.5, 0.6) is 0 Å². The smallest absolute Gasteiger partial charge is 0.243 e. The minimum Gasteiger partial charge on any atom is -0.354 e. The van der Waals surface area contributed by atoms with Gasteiger partial charge in [-0.2, -0.15) is 0 Å². The molecular formula is C29H32Cl2N2O2S. The number of hydrogen-bond donors (Lipinski definition) is 1. The SMILES string of the molecule is CCCNC(=O)[C@H](Cc1ccccc1)N(Cc1ccc(Cl)c(Cl)c1)C(=O)CSCc1ccccc1C. The summed E-state index contributed by atoms with van der Waals surface area (Å²) in [4.78, 5) is 28.7. The van der Waals surface area contributed by atoms with Crippen LogP contribution in [0.15, 0.2) is 72.8 Å². The Labute approximate surface area is 228 Å². The number of rotatable bonds is 12. The lowest BCUT2D eigenvalue weighted by molar-refractivity contribution is -0.139. The zero-order valence-corrected chi connectivity index (χ0v) is 23.0. The second-order valence-corrected chi connectivity index (χ2v) is 10.5. The van der Waals surface area contributed by atoms with Crippen molar-refractivity contribution in [3.63, 3.8) is 0 Å². The number of thioether (sulfide) groups is 1. The van der Waals surface area contributed by atoms with Crippen molar-refractivity contribution in [3.8, 4) is 0 Å². The molecule has 0 spiro atoms. The van der Waals surface area contributed by atoms with E-state index >= 15 is 0 Å². The first-order valence-corrected chi connectivity index (χ1v) is 14.0. The third kappa shape index (κ3) is 8.29. The zero-order valence-electron chi connectivity index (χ0n) is 20.7. The summed E-state index contributed by atoms with van der Waals surface area (Å²) in [5, 5.41) is 3.87. The van der Waals surface area contributed by atoms with Crippen LogP contribution in [0.3, 0.4) is 0 Å². The van der Waals surface area contributed by atoms with Crippen LogP contribution in [-0.2, 0) is 28.3 Å². The lowest BCUT2D eigenvalue weighted by Crippen LogP contribution is -2.51. The van der Waals surface area contributed by atoms with Crippen LogP contribution < -0.4 is 5.32 Å². The molecule has 3 rings (SSSR count). The Kier molecular flexibility index (Phi) is 11.2. The summed E-state index contributed by atoms with van der Waals surface area (Å²) in [6.45, 7) is 4.90. The predicted molar refractivity (Wildman–Crippen MR) is 152 cm³/mol. The molecule has 0 aliphatic heterocycles. The van der Waals surface area contributed by atoms with E-state index < -0.39 is 6.04 Å². The van der Waals surface area contributed by atoms with Gasteiger partial charge in [0.1, 0.15) is 6.04 Å². The monoisotopic (exact) mass is 542 g/mol. The molecule has 0 saturated heterocycles. The highest BCUT2D eigenvalue weighted by Gasteiger charge is 2.30. The van der Waals surface area contributed by atoms with Crippen molar-refractivity contribution in [3.05, 3.63) is 105 Å². The highest BCUT2D eigenvalue weighted by Crippen LogP contribution is 2.25. The first kappa shape index (κ1) is 28.1. The van der Waals surface area contributed by atoms with Crippen molar-refractivity contribution in [2.75, 3.05) is 12.3 Å². The molecule has 1 N–H and O–H groups in total. The highest BCUT2D eigenvalue weighted by molar-refractivity contribution is 7.99. The summed E-state index contributed by atoms with van der Waals surface area (Å²) in [5.41, 5.74) is 4.22. The third-order valence-corrected chi connectivity index (χ3v) is 7.61. The molecule has 4 nitrogen and oxygen atoms in total. The summed E-state index contributed by atoms with van der Waals surface area (Å²) >= 11 is 13.9. The molecule has 0 saturated carbocycles. The van der Waals surface area contributed by atoms with Gasteiger partial charge in [-0.05, 0) is 47.7 Å². The summed E-state index contributed by atoms with van der Waals surface area (Å²) in [6.07, 6.45) is 1.24. The fraction of sp³-hybridized carbons (Fsp3) is 0.310. The molecule has 0 heterocycles. The normalized spacial score (nSPS) is 11.7. The zero-order chi connectivity index (χ0) is 25.9. The number of benzene rings is 3. The quantitative estimate of drug-likeness (QED) is 0.277. The number of nitrogens with one attached hydrogen (secondary N) is 1. The van der Waals surface area contributed by atoms with Crippen molar-refractivity contribution in [1.82, 2.24) is 10.2 Å². The van der Waals surface area contributed by atoms with Crippen LogP contribution in [-0.4, -0.2) is 35.1 Å². The Hall–Kier alpha value is -2.47. The molecule has 3 aromatic carbocycles. The van der Waals surface area contributed by atoms with Gasteiger partial charge in [0.05, 0.1) is 15.8 Å². The maximum Gasteiger partial charge on any atom is 0.243 e. The number of hydrogen-bond acceptors (Lipinski definition) is 3. The molecule has 0 bridgehead atoms. The lowest BCUT2D eigenvalue weighted by Gasteiger charge is -2.31. The van der Waals surface area contributed by atoms with Crippen molar-refractivity contribution < 1.29 is 9.59 Å². The summed E-state index contributed by atoms with van der Waals surface area (Å²) in [5.74, 6) is 0.747. The van der Waals surface area contributed by atoms with E-state index in [2.05, 4.69) is 24.4 Å². The summed E-state index contributed by atoms with van der Waals surface area (Å²) < 4.78 is 0. The van der Waals surface area contributed by atoms with Gasteiger partial charge in [-0.15, -0.1) is 11.8 Å². The molecule has 36 heavy (non-hydrogen) atoms. The molecule has 0 aliphatic carbocycles. The molecule has 0 aromatic heterocycles. The number of halogens is 2. The van der Waals surface area contributed by atoms with Crippen LogP contribution in [0.2, 0.25) is 10.0 Å². The number of nitrogens with zero attached hydrogens (tertiary/aromatic N) is 1. The Balaban J connectivity index is 1.86.